The first-order valence-electron chi connectivity index (χ1n) is 8.68. The zero-order valence-corrected chi connectivity index (χ0v) is 14.0. The molecular weight excluding hydrogens is 298 g/mol. The SMILES string of the molecule is Cc1[nH]c2ccccc2c1CCNc1cc(N2CCCC2)ncn1. The molecule has 24 heavy (non-hydrogen) atoms. The minimum absolute atomic E-state index is 0.860. The molecule has 1 fully saturated rings. The Kier molecular flexibility index (Phi) is 4.07. The molecule has 0 spiro atoms. The zero-order valence-electron chi connectivity index (χ0n) is 14.0. The Hall–Kier alpha value is -2.56. The molecule has 0 bridgehead atoms. The lowest BCUT2D eigenvalue weighted by molar-refractivity contribution is 0.923. The highest BCUT2D eigenvalue weighted by Crippen LogP contribution is 2.23. The molecule has 124 valence electrons. The van der Waals surface area contributed by atoms with Crippen LogP contribution in [0.25, 0.3) is 10.9 Å². The van der Waals surface area contributed by atoms with Gasteiger partial charge in [0.15, 0.2) is 0 Å². The summed E-state index contributed by atoms with van der Waals surface area (Å²) < 4.78 is 0. The van der Waals surface area contributed by atoms with Gasteiger partial charge in [0.05, 0.1) is 0 Å². The van der Waals surface area contributed by atoms with Gasteiger partial charge in [0, 0.05) is 42.3 Å². The van der Waals surface area contributed by atoms with E-state index in [1.165, 1.54) is 35.0 Å². The molecule has 3 aromatic rings. The maximum atomic E-state index is 4.40. The van der Waals surface area contributed by atoms with Crippen molar-refractivity contribution in [2.75, 3.05) is 29.9 Å². The average Bonchev–Trinajstić information content (AvgIpc) is 3.24. The Morgan fingerprint density at radius 2 is 2.00 bits per heavy atom. The molecule has 1 aromatic carbocycles. The van der Waals surface area contributed by atoms with E-state index >= 15 is 0 Å². The lowest BCUT2D eigenvalue weighted by Gasteiger charge is -2.16. The van der Waals surface area contributed by atoms with Crippen LogP contribution in [0.15, 0.2) is 36.7 Å². The molecule has 0 radical (unpaired) electrons. The third kappa shape index (κ3) is 2.94. The molecule has 3 heterocycles. The van der Waals surface area contributed by atoms with Crippen LogP contribution in [0.2, 0.25) is 0 Å². The Balaban J connectivity index is 1.43. The van der Waals surface area contributed by atoms with Crippen molar-refractivity contribution in [1.29, 1.82) is 0 Å². The number of nitrogens with one attached hydrogen (secondary N) is 2. The van der Waals surface area contributed by atoms with Crippen molar-refractivity contribution in [1.82, 2.24) is 15.0 Å². The second-order valence-electron chi connectivity index (χ2n) is 6.41. The van der Waals surface area contributed by atoms with Gasteiger partial charge in [-0.1, -0.05) is 18.2 Å². The molecule has 0 aliphatic carbocycles. The van der Waals surface area contributed by atoms with Gasteiger partial charge in [-0.15, -0.1) is 0 Å². The Labute approximate surface area is 142 Å². The lowest BCUT2D eigenvalue weighted by atomic mass is 10.1. The van der Waals surface area contributed by atoms with E-state index in [-0.39, 0.29) is 0 Å². The van der Waals surface area contributed by atoms with Gasteiger partial charge >= 0.3 is 0 Å². The van der Waals surface area contributed by atoms with Crippen LogP contribution in [0.5, 0.6) is 0 Å². The lowest BCUT2D eigenvalue weighted by Crippen LogP contribution is -2.19. The van der Waals surface area contributed by atoms with E-state index in [0.717, 1.165) is 37.7 Å². The summed E-state index contributed by atoms with van der Waals surface area (Å²) >= 11 is 0. The van der Waals surface area contributed by atoms with Crippen molar-refractivity contribution < 1.29 is 0 Å². The molecule has 4 rings (SSSR count). The highest BCUT2D eigenvalue weighted by Gasteiger charge is 2.14. The number of aryl methyl sites for hydroxylation is 1. The number of aromatic nitrogens is 3. The molecule has 0 unspecified atom stereocenters. The minimum atomic E-state index is 0.860. The highest BCUT2D eigenvalue weighted by atomic mass is 15.2. The fourth-order valence-corrected chi connectivity index (χ4v) is 3.54. The van der Waals surface area contributed by atoms with Crippen LogP contribution in [-0.2, 0) is 6.42 Å². The van der Waals surface area contributed by atoms with Gasteiger partial charge in [0.1, 0.15) is 18.0 Å². The molecule has 2 aromatic heterocycles. The molecule has 1 aliphatic heterocycles. The number of rotatable bonds is 5. The first-order valence-corrected chi connectivity index (χ1v) is 8.68. The number of para-hydroxylation sites is 1. The second kappa shape index (κ2) is 6.51. The highest BCUT2D eigenvalue weighted by molar-refractivity contribution is 5.84. The van der Waals surface area contributed by atoms with Crippen molar-refractivity contribution in [3.63, 3.8) is 0 Å². The molecule has 1 saturated heterocycles. The third-order valence-corrected chi connectivity index (χ3v) is 4.79. The van der Waals surface area contributed by atoms with E-state index < -0.39 is 0 Å². The summed E-state index contributed by atoms with van der Waals surface area (Å²) in [6.45, 7) is 5.21. The summed E-state index contributed by atoms with van der Waals surface area (Å²) in [5.74, 6) is 1.94. The molecule has 2 N–H and O–H groups in total. The van der Waals surface area contributed by atoms with Crippen molar-refractivity contribution >= 4 is 22.5 Å². The van der Waals surface area contributed by atoms with Gasteiger partial charge < -0.3 is 15.2 Å². The summed E-state index contributed by atoms with van der Waals surface area (Å²) in [5.41, 5.74) is 3.84. The van der Waals surface area contributed by atoms with E-state index in [4.69, 9.17) is 0 Å². The summed E-state index contributed by atoms with van der Waals surface area (Å²) in [6.07, 6.45) is 5.14. The summed E-state index contributed by atoms with van der Waals surface area (Å²) in [4.78, 5) is 14.6. The van der Waals surface area contributed by atoms with Crippen LogP contribution in [-0.4, -0.2) is 34.6 Å². The van der Waals surface area contributed by atoms with Gasteiger partial charge in [-0.25, -0.2) is 9.97 Å². The smallest absolute Gasteiger partial charge is 0.134 e. The topological polar surface area (TPSA) is 56.8 Å². The Bertz CT molecular complexity index is 833. The third-order valence-electron chi connectivity index (χ3n) is 4.79. The number of fused-ring (bicyclic) bond motifs is 1. The predicted molar refractivity (Wildman–Crippen MR) is 98.7 cm³/mol. The molecule has 0 atom stereocenters. The van der Waals surface area contributed by atoms with Gasteiger partial charge in [-0.05, 0) is 37.8 Å². The fraction of sp³-hybridized carbons (Fsp3) is 0.368. The van der Waals surface area contributed by atoms with Crippen molar-refractivity contribution in [2.24, 2.45) is 0 Å². The predicted octanol–water partition coefficient (Wildman–Crippen LogP) is 3.52. The Morgan fingerprint density at radius 1 is 1.17 bits per heavy atom. The first kappa shape index (κ1) is 15.0. The molecule has 1 aliphatic rings. The van der Waals surface area contributed by atoms with E-state index in [2.05, 4.69) is 62.4 Å². The minimum Gasteiger partial charge on any atom is -0.370 e. The van der Waals surface area contributed by atoms with Crippen molar-refractivity contribution in [3.05, 3.63) is 47.9 Å². The first-order chi connectivity index (χ1) is 11.8. The van der Waals surface area contributed by atoms with E-state index in [1.54, 1.807) is 6.33 Å². The average molecular weight is 321 g/mol. The summed E-state index contributed by atoms with van der Waals surface area (Å²) in [7, 11) is 0. The normalized spacial score (nSPS) is 14.5. The second-order valence-corrected chi connectivity index (χ2v) is 6.41. The number of H-pyrrole nitrogens is 1. The van der Waals surface area contributed by atoms with Crippen molar-refractivity contribution in [3.8, 4) is 0 Å². The maximum Gasteiger partial charge on any atom is 0.134 e. The standard InChI is InChI=1S/C19H23N5/c1-14-15(16-6-2-3-7-17(16)23-14)8-9-20-18-12-19(22-13-21-18)24-10-4-5-11-24/h2-3,6-7,12-13,23H,4-5,8-11H2,1H3,(H,20,21,22). The zero-order chi connectivity index (χ0) is 16.4. The largest absolute Gasteiger partial charge is 0.370 e. The number of nitrogens with zero attached hydrogens (tertiary/aromatic N) is 3. The molecule has 5 heteroatoms. The molecule has 0 amide bonds. The fourth-order valence-electron chi connectivity index (χ4n) is 3.54. The molecule has 0 saturated carbocycles. The van der Waals surface area contributed by atoms with Crippen LogP contribution in [0.1, 0.15) is 24.1 Å². The summed E-state index contributed by atoms with van der Waals surface area (Å²) in [5, 5.41) is 4.76. The quantitative estimate of drug-likeness (QED) is 0.755. The number of benzene rings is 1. The number of hydrogen-bond acceptors (Lipinski definition) is 4. The van der Waals surface area contributed by atoms with Crippen LogP contribution >= 0.6 is 0 Å². The van der Waals surface area contributed by atoms with E-state index in [1.807, 2.05) is 0 Å². The van der Waals surface area contributed by atoms with Crippen LogP contribution in [0.3, 0.4) is 0 Å². The van der Waals surface area contributed by atoms with Crippen molar-refractivity contribution in [2.45, 2.75) is 26.2 Å². The van der Waals surface area contributed by atoms with Crippen LogP contribution < -0.4 is 10.2 Å². The molecule has 5 nitrogen and oxygen atoms in total. The van der Waals surface area contributed by atoms with Gasteiger partial charge in [-0.2, -0.15) is 0 Å². The van der Waals surface area contributed by atoms with Crippen LogP contribution in [0.4, 0.5) is 11.6 Å². The summed E-state index contributed by atoms with van der Waals surface area (Å²) in [6, 6.07) is 10.5. The van der Waals surface area contributed by atoms with Gasteiger partial charge in [0.2, 0.25) is 0 Å². The number of anilines is 2. The van der Waals surface area contributed by atoms with E-state index in [0.29, 0.717) is 0 Å². The monoisotopic (exact) mass is 321 g/mol. The van der Waals surface area contributed by atoms with E-state index in [9.17, 15) is 0 Å². The van der Waals surface area contributed by atoms with Crippen LogP contribution in [0, 0.1) is 6.92 Å². The van der Waals surface area contributed by atoms with Gasteiger partial charge in [-0.3, -0.25) is 0 Å². The van der Waals surface area contributed by atoms with Gasteiger partial charge in [0.25, 0.3) is 0 Å². The Morgan fingerprint density at radius 3 is 2.88 bits per heavy atom. The number of aromatic amines is 1. The molecular formula is C19H23N5. The number of hydrogen-bond donors (Lipinski definition) is 2. The maximum absolute atomic E-state index is 4.40.